The Morgan fingerprint density at radius 1 is 1.52 bits per heavy atom. The zero-order valence-electron chi connectivity index (χ0n) is 11.1. The van der Waals surface area contributed by atoms with Crippen molar-refractivity contribution < 1.29 is 18.7 Å². The van der Waals surface area contributed by atoms with Crippen molar-refractivity contribution in [2.75, 3.05) is 25.3 Å². The second kappa shape index (κ2) is 6.79. The van der Waals surface area contributed by atoms with Gasteiger partial charge in [0.1, 0.15) is 6.54 Å². The molecule has 0 fully saturated rings. The normalized spacial score (nSPS) is 10.3. The highest BCUT2D eigenvalue weighted by molar-refractivity contribution is 7.99. The maximum absolute atomic E-state index is 11.5. The van der Waals surface area contributed by atoms with Crippen LogP contribution in [0.25, 0.3) is 11.6 Å². The van der Waals surface area contributed by atoms with Crippen molar-refractivity contribution in [3.05, 3.63) is 18.4 Å². The quantitative estimate of drug-likeness (QED) is 0.420. The maximum Gasteiger partial charge on any atom is 0.325 e. The number of carbonyl (C=O) groups excluding carboxylic acids is 2. The van der Waals surface area contributed by atoms with Crippen molar-refractivity contribution in [3.8, 4) is 11.6 Å². The molecule has 0 atom stereocenters. The number of aromatic nitrogens is 3. The first-order chi connectivity index (χ1) is 10.1. The predicted molar refractivity (Wildman–Crippen MR) is 73.6 cm³/mol. The lowest BCUT2D eigenvalue weighted by molar-refractivity contribution is -0.140. The van der Waals surface area contributed by atoms with Gasteiger partial charge in [-0.05, 0) is 12.1 Å². The van der Waals surface area contributed by atoms with E-state index in [4.69, 9.17) is 10.3 Å². The summed E-state index contributed by atoms with van der Waals surface area (Å²) in [6.45, 7) is -0.178. The van der Waals surface area contributed by atoms with Crippen LogP contribution in [0.3, 0.4) is 0 Å². The van der Waals surface area contributed by atoms with Crippen LogP contribution in [0.1, 0.15) is 0 Å². The van der Waals surface area contributed by atoms with Crippen LogP contribution in [-0.2, 0) is 14.3 Å². The number of nitrogens with two attached hydrogens (primary N) is 1. The lowest BCUT2D eigenvalue weighted by atomic mass is 10.4. The molecule has 0 saturated heterocycles. The van der Waals surface area contributed by atoms with Crippen LogP contribution in [-0.4, -0.2) is 46.2 Å². The average molecular weight is 311 g/mol. The number of nitrogen functional groups attached to an aromatic ring is 1. The topological polar surface area (TPSA) is 125 Å². The van der Waals surface area contributed by atoms with Gasteiger partial charge in [-0.2, -0.15) is 0 Å². The number of nitrogens with zero attached hydrogens (tertiary/aromatic N) is 3. The Kier molecular flexibility index (Phi) is 4.82. The monoisotopic (exact) mass is 311 g/mol. The highest BCUT2D eigenvalue weighted by Gasteiger charge is 2.15. The zero-order valence-corrected chi connectivity index (χ0v) is 11.9. The molecule has 9 nitrogen and oxygen atoms in total. The van der Waals surface area contributed by atoms with Gasteiger partial charge in [-0.25, -0.2) is 4.68 Å². The molecule has 0 aliphatic heterocycles. The van der Waals surface area contributed by atoms with E-state index < -0.39 is 5.97 Å². The number of hydrogen-bond acceptors (Lipinski definition) is 8. The molecule has 0 aliphatic rings. The Hall–Kier alpha value is -2.49. The molecule has 0 spiro atoms. The second-order valence-corrected chi connectivity index (χ2v) is 4.74. The Morgan fingerprint density at radius 3 is 3.00 bits per heavy atom. The van der Waals surface area contributed by atoms with E-state index in [1.165, 1.54) is 18.0 Å². The molecule has 0 unspecified atom stereocenters. The third-order valence-corrected chi connectivity index (χ3v) is 3.34. The lowest BCUT2D eigenvalue weighted by Gasteiger charge is -2.03. The molecular formula is C11H13N5O4S. The van der Waals surface area contributed by atoms with E-state index in [-0.39, 0.29) is 18.2 Å². The van der Waals surface area contributed by atoms with E-state index in [2.05, 4.69) is 20.3 Å². The average Bonchev–Trinajstić information content (AvgIpc) is 3.12. The molecule has 0 saturated carbocycles. The number of amides is 1. The number of nitrogens with one attached hydrogen (secondary N) is 1. The van der Waals surface area contributed by atoms with Crippen LogP contribution in [0, 0.1) is 0 Å². The number of esters is 1. The van der Waals surface area contributed by atoms with Crippen LogP contribution in [0.15, 0.2) is 28.0 Å². The van der Waals surface area contributed by atoms with E-state index in [1.54, 1.807) is 12.1 Å². The molecule has 3 N–H and O–H groups in total. The molecule has 2 aromatic rings. The summed E-state index contributed by atoms with van der Waals surface area (Å²) in [5.41, 5.74) is 0. The fraction of sp³-hybridized carbons (Fsp3) is 0.273. The largest absolute Gasteiger partial charge is 0.468 e. The van der Waals surface area contributed by atoms with Gasteiger partial charge < -0.3 is 20.3 Å². The molecule has 10 heteroatoms. The first-order valence-electron chi connectivity index (χ1n) is 5.82. The van der Waals surface area contributed by atoms with E-state index in [0.717, 1.165) is 11.8 Å². The van der Waals surface area contributed by atoms with Crippen molar-refractivity contribution in [3.63, 3.8) is 0 Å². The summed E-state index contributed by atoms with van der Waals surface area (Å²) in [4.78, 5) is 22.4. The van der Waals surface area contributed by atoms with E-state index in [9.17, 15) is 9.59 Å². The highest BCUT2D eigenvalue weighted by atomic mass is 32.2. The standard InChI is InChI=1S/C11H13N5O4S/c1-19-9(18)5-13-8(17)6-21-11-15-14-10(16(11)12)7-3-2-4-20-7/h2-4H,5-6,12H2,1H3,(H,13,17). The number of ether oxygens (including phenoxy) is 1. The van der Waals surface area contributed by atoms with Crippen LogP contribution >= 0.6 is 11.8 Å². The van der Waals surface area contributed by atoms with E-state index >= 15 is 0 Å². The summed E-state index contributed by atoms with van der Waals surface area (Å²) in [5.74, 6) is 5.86. The minimum atomic E-state index is -0.518. The minimum absolute atomic E-state index is 0.0461. The minimum Gasteiger partial charge on any atom is -0.468 e. The number of hydrogen-bond donors (Lipinski definition) is 2. The Balaban J connectivity index is 1.89. The number of thioether (sulfide) groups is 1. The lowest BCUT2D eigenvalue weighted by Crippen LogP contribution is -2.31. The fourth-order valence-corrected chi connectivity index (χ4v) is 2.06. The maximum atomic E-state index is 11.5. The Labute approximate surface area is 123 Å². The van der Waals surface area contributed by atoms with E-state index in [0.29, 0.717) is 16.7 Å². The molecule has 2 rings (SSSR count). The van der Waals surface area contributed by atoms with Gasteiger partial charge in [0.2, 0.25) is 16.9 Å². The first-order valence-corrected chi connectivity index (χ1v) is 6.81. The first kappa shape index (κ1) is 14.9. The number of methoxy groups -OCH3 is 1. The summed E-state index contributed by atoms with van der Waals surface area (Å²) in [7, 11) is 1.25. The van der Waals surface area contributed by atoms with Gasteiger partial charge in [-0.3, -0.25) is 9.59 Å². The van der Waals surface area contributed by atoms with Gasteiger partial charge in [0.25, 0.3) is 0 Å². The van der Waals surface area contributed by atoms with Crippen molar-refractivity contribution in [2.45, 2.75) is 5.16 Å². The Morgan fingerprint density at radius 2 is 2.33 bits per heavy atom. The zero-order chi connectivity index (χ0) is 15.2. The highest BCUT2D eigenvalue weighted by Crippen LogP contribution is 2.21. The summed E-state index contributed by atoms with van der Waals surface area (Å²) < 4.78 is 10.8. The third-order valence-electron chi connectivity index (χ3n) is 2.40. The fourth-order valence-electron chi connectivity index (χ4n) is 1.37. The van der Waals surface area contributed by atoms with Crippen molar-refractivity contribution >= 4 is 23.6 Å². The Bertz CT molecular complexity index is 625. The third kappa shape index (κ3) is 3.75. The molecule has 112 valence electrons. The molecule has 2 heterocycles. The van der Waals surface area contributed by atoms with Gasteiger partial charge in [-0.15, -0.1) is 10.2 Å². The van der Waals surface area contributed by atoms with Gasteiger partial charge in [-0.1, -0.05) is 11.8 Å². The van der Waals surface area contributed by atoms with Crippen LogP contribution in [0.4, 0.5) is 0 Å². The molecule has 2 aromatic heterocycles. The molecule has 0 aliphatic carbocycles. The molecule has 1 amide bonds. The SMILES string of the molecule is COC(=O)CNC(=O)CSc1nnc(-c2ccco2)n1N. The van der Waals surface area contributed by atoms with Gasteiger partial charge in [0.05, 0.1) is 19.1 Å². The van der Waals surface area contributed by atoms with Crippen molar-refractivity contribution in [2.24, 2.45) is 0 Å². The van der Waals surface area contributed by atoms with Crippen LogP contribution in [0.5, 0.6) is 0 Å². The summed E-state index contributed by atoms with van der Waals surface area (Å²) >= 11 is 1.09. The van der Waals surface area contributed by atoms with Crippen LogP contribution in [0.2, 0.25) is 0 Å². The second-order valence-electron chi connectivity index (χ2n) is 3.80. The van der Waals surface area contributed by atoms with Gasteiger partial charge in [0.15, 0.2) is 5.76 Å². The summed E-state index contributed by atoms with van der Waals surface area (Å²) in [6.07, 6.45) is 1.50. The smallest absolute Gasteiger partial charge is 0.325 e. The van der Waals surface area contributed by atoms with Crippen molar-refractivity contribution in [1.29, 1.82) is 0 Å². The number of rotatable bonds is 6. The number of carbonyl (C=O) groups is 2. The summed E-state index contributed by atoms with van der Waals surface area (Å²) in [5, 5.41) is 10.5. The van der Waals surface area contributed by atoms with Crippen LogP contribution < -0.4 is 11.2 Å². The van der Waals surface area contributed by atoms with Gasteiger partial charge in [0, 0.05) is 0 Å². The van der Waals surface area contributed by atoms with Gasteiger partial charge >= 0.3 is 5.97 Å². The molecule has 0 radical (unpaired) electrons. The molecule has 0 bridgehead atoms. The molecule has 0 aromatic carbocycles. The predicted octanol–water partition coefficient (Wildman–Crippen LogP) is -0.367. The molecular weight excluding hydrogens is 298 g/mol. The van der Waals surface area contributed by atoms with E-state index in [1.807, 2.05) is 0 Å². The number of furan rings is 1. The summed E-state index contributed by atoms with van der Waals surface area (Å²) in [6, 6.07) is 3.40. The van der Waals surface area contributed by atoms with Crippen molar-refractivity contribution in [1.82, 2.24) is 20.2 Å². The molecule has 21 heavy (non-hydrogen) atoms.